The third-order valence-corrected chi connectivity index (χ3v) is 9.04. The minimum atomic E-state index is -0.538. The molecule has 1 aliphatic rings. The van der Waals surface area contributed by atoms with E-state index in [1.54, 1.807) is 0 Å². The number of hydrogen-bond acceptors (Lipinski definition) is 3. The zero-order valence-corrected chi connectivity index (χ0v) is 27.1. The molecule has 3 heteroatoms. The first-order valence-corrected chi connectivity index (χ1v) is 15.8. The second-order valence-corrected chi connectivity index (χ2v) is 13.4. The number of ether oxygens (including phenoxy) is 2. The second kappa shape index (κ2) is 11.7. The molecule has 0 amide bonds. The van der Waals surface area contributed by atoms with Crippen molar-refractivity contribution in [1.82, 2.24) is 0 Å². The molecular weight excluding hydrogens is 528 g/mol. The van der Waals surface area contributed by atoms with Crippen molar-refractivity contribution in [3.8, 4) is 22.6 Å². The number of carbonyl (C=O) groups is 1. The van der Waals surface area contributed by atoms with Crippen molar-refractivity contribution in [3.63, 3.8) is 0 Å². The maximum Gasteiger partial charge on any atom is 0.316 e. The number of esters is 1. The molecule has 43 heavy (non-hydrogen) atoms. The Bertz CT molecular complexity index is 1600. The fourth-order valence-electron chi connectivity index (χ4n) is 6.93. The summed E-state index contributed by atoms with van der Waals surface area (Å²) in [7, 11) is 0. The molecule has 0 spiro atoms. The quantitative estimate of drug-likeness (QED) is 0.123. The predicted molar refractivity (Wildman–Crippen MR) is 177 cm³/mol. The molecule has 5 rings (SSSR count). The van der Waals surface area contributed by atoms with Crippen molar-refractivity contribution in [2.45, 2.75) is 92.1 Å². The Morgan fingerprint density at radius 1 is 0.674 bits per heavy atom. The summed E-state index contributed by atoms with van der Waals surface area (Å²) < 4.78 is 12.5. The van der Waals surface area contributed by atoms with E-state index in [0.717, 1.165) is 48.1 Å². The van der Waals surface area contributed by atoms with Crippen LogP contribution in [0.1, 0.15) is 101 Å². The number of fused-ring (bicyclic) bond motifs is 3. The molecule has 0 saturated carbocycles. The molecular formula is C40H46O3. The van der Waals surface area contributed by atoms with Gasteiger partial charge in [0.1, 0.15) is 17.1 Å². The van der Waals surface area contributed by atoms with Gasteiger partial charge in [-0.05, 0) is 111 Å². The van der Waals surface area contributed by atoms with Gasteiger partial charge in [-0.25, -0.2) is 0 Å². The topological polar surface area (TPSA) is 35.5 Å². The van der Waals surface area contributed by atoms with Gasteiger partial charge in [-0.15, -0.1) is 0 Å². The molecule has 0 atom stereocenters. The van der Waals surface area contributed by atoms with Crippen molar-refractivity contribution < 1.29 is 14.3 Å². The minimum Gasteiger partial charge on any atom is -0.488 e. The van der Waals surface area contributed by atoms with Crippen LogP contribution < -0.4 is 9.47 Å². The lowest BCUT2D eigenvalue weighted by atomic mass is 9.67. The van der Waals surface area contributed by atoms with Crippen LogP contribution in [0, 0.1) is 19.3 Å². The lowest BCUT2D eigenvalue weighted by Gasteiger charge is -2.35. The summed E-state index contributed by atoms with van der Waals surface area (Å²) >= 11 is 0. The van der Waals surface area contributed by atoms with Gasteiger partial charge in [0.2, 0.25) is 0 Å². The SMILES string of the molecule is CCCC(C)(C)Oc1ccc(C2(c3ccc(OC(=O)C(C)(C)CCC)c(C)c3)c3ccccc3-c3ccccc32)cc1C. The van der Waals surface area contributed by atoms with Gasteiger partial charge in [-0.2, -0.15) is 0 Å². The average molecular weight is 575 g/mol. The molecule has 0 heterocycles. The van der Waals surface area contributed by atoms with Crippen LogP contribution in [0.4, 0.5) is 0 Å². The highest BCUT2D eigenvalue weighted by atomic mass is 16.5. The second-order valence-electron chi connectivity index (χ2n) is 13.4. The molecule has 1 aliphatic carbocycles. The number of rotatable bonds is 10. The van der Waals surface area contributed by atoms with E-state index in [4.69, 9.17) is 9.47 Å². The van der Waals surface area contributed by atoms with E-state index in [-0.39, 0.29) is 11.6 Å². The average Bonchev–Trinajstić information content (AvgIpc) is 3.26. The molecule has 0 saturated heterocycles. The van der Waals surface area contributed by atoms with Crippen molar-refractivity contribution in [2.75, 3.05) is 0 Å². The van der Waals surface area contributed by atoms with Gasteiger partial charge < -0.3 is 9.47 Å². The van der Waals surface area contributed by atoms with Crippen molar-refractivity contribution in [2.24, 2.45) is 5.41 Å². The summed E-state index contributed by atoms with van der Waals surface area (Å²) in [6.07, 6.45) is 3.78. The van der Waals surface area contributed by atoms with Gasteiger partial charge in [0, 0.05) is 0 Å². The van der Waals surface area contributed by atoms with Crippen LogP contribution in [0.15, 0.2) is 84.9 Å². The van der Waals surface area contributed by atoms with E-state index >= 15 is 0 Å². The third kappa shape index (κ3) is 5.51. The number of benzene rings is 4. The molecule has 4 aromatic rings. The summed E-state index contributed by atoms with van der Waals surface area (Å²) in [6.45, 7) is 16.7. The molecule has 224 valence electrons. The van der Waals surface area contributed by atoms with Gasteiger partial charge in [-0.1, -0.05) is 99.5 Å². The van der Waals surface area contributed by atoms with Gasteiger partial charge in [0.25, 0.3) is 0 Å². The number of carbonyl (C=O) groups excluding carboxylic acids is 1. The van der Waals surface area contributed by atoms with Crippen LogP contribution in [0.25, 0.3) is 11.1 Å². The fraction of sp³-hybridized carbons (Fsp3) is 0.375. The van der Waals surface area contributed by atoms with Crippen LogP contribution in [0.3, 0.4) is 0 Å². The molecule has 0 radical (unpaired) electrons. The fourth-order valence-corrected chi connectivity index (χ4v) is 6.93. The maximum atomic E-state index is 13.1. The smallest absolute Gasteiger partial charge is 0.316 e. The zero-order chi connectivity index (χ0) is 31.0. The Balaban J connectivity index is 1.68. The predicted octanol–water partition coefficient (Wildman–Crippen LogP) is 10.4. The summed E-state index contributed by atoms with van der Waals surface area (Å²) in [6, 6.07) is 30.5. The maximum absolute atomic E-state index is 13.1. The lowest BCUT2D eigenvalue weighted by molar-refractivity contribution is -0.144. The monoisotopic (exact) mass is 574 g/mol. The highest BCUT2D eigenvalue weighted by Crippen LogP contribution is 2.56. The largest absolute Gasteiger partial charge is 0.488 e. The number of hydrogen-bond donors (Lipinski definition) is 0. The third-order valence-electron chi connectivity index (χ3n) is 9.04. The zero-order valence-electron chi connectivity index (χ0n) is 27.1. The van der Waals surface area contributed by atoms with Crippen molar-refractivity contribution in [1.29, 1.82) is 0 Å². The first-order chi connectivity index (χ1) is 20.4. The van der Waals surface area contributed by atoms with E-state index in [1.165, 1.54) is 27.8 Å². The highest BCUT2D eigenvalue weighted by Gasteiger charge is 2.46. The molecule has 0 unspecified atom stereocenters. The Labute approximate surface area is 258 Å². The summed E-state index contributed by atoms with van der Waals surface area (Å²) in [4.78, 5) is 13.1. The molecule has 0 fully saturated rings. The molecule has 0 aromatic heterocycles. The molecule has 4 aromatic carbocycles. The highest BCUT2D eigenvalue weighted by molar-refractivity contribution is 5.86. The minimum absolute atomic E-state index is 0.186. The summed E-state index contributed by atoms with van der Waals surface area (Å²) in [5.74, 6) is 1.35. The summed E-state index contributed by atoms with van der Waals surface area (Å²) in [5.41, 5.74) is 8.09. The van der Waals surface area contributed by atoms with Crippen molar-refractivity contribution >= 4 is 5.97 Å². The molecule has 0 N–H and O–H groups in total. The van der Waals surface area contributed by atoms with E-state index in [0.29, 0.717) is 5.75 Å². The Morgan fingerprint density at radius 3 is 1.65 bits per heavy atom. The van der Waals surface area contributed by atoms with E-state index < -0.39 is 10.8 Å². The molecule has 0 bridgehead atoms. The van der Waals surface area contributed by atoms with E-state index in [9.17, 15) is 4.79 Å². The van der Waals surface area contributed by atoms with E-state index in [2.05, 4.69) is 113 Å². The normalized spacial score (nSPS) is 13.8. The first-order valence-electron chi connectivity index (χ1n) is 15.8. The first kappa shape index (κ1) is 30.6. The molecule has 0 aliphatic heterocycles. The van der Waals surface area contributed by atoms with Gasteiger partial charge >= 0.3 is 5.97 Å². The lowest BCUT2D eigenvalue weighted by Crippen LogP contribution is -2.30. The van der Waals surface area contributed by atoms with Gasteiger partial charge in [0.05, 0.1) is 10.8 Å². The Hall–Kier alpha value is -3.85. The Kier molecular flexibility index (Phi) is 8.31. The van der Waals surface area contributed by atoms with Crippen LogP contribution >= 0.6 is 0 Å². The van der Waals surface area contributed by atoms with Crippen molar-refractivity contribution in [3.05, 3.63) is 118 Å². The molecule has 3 nitrogen and oxygen atoms in total. The standard InChI is InChI=1S/C40H46O3/c1-9-23-38(5,6)37(41)42-35-21-19-29(25-27(35)3)40(30-20-22-36(28(4)26-30)43-39(7,8)24-10-2)33-17-13-11-15-31(33)32-16-12-14-18-34(32)40/h11-22,25-26H,9-10,23-24H2,1-8H3. The van der Waals surface area contributed by atoms with Crippen LogP contribution in [-0.2, 0) is 10.2 Å². The van der Waals surface area contributed by atoms with Gasteiger partial charge in [-0.3, -0.25) is 4.79 Å². The van der Waals surface area contributed by atoms with Crippen LogP contribution in [0.5, 0.6) is 11.5 Å². The van der Waals surface area contributed by atoms with Crippen LogP contribution in [0.2, 0.25) is 0 Å². The summed E-state index contributed by atoms with van der Waals surface area (Å²) in [5, 5.41) is 0. The number of aryl methyl sites for hydroxylation is 2. The van der Waals surface area contributed by atoms with Gasteiger partial charge in [0.15, 0.2) is 0 Å². The van der Waals surface area contributed by atoms with Crippen LogP contribution in [-0.4, -0.2) is 11.6 Å². The Morgan fingerprint density at radius 2 is 1.16 bits per heavy atom. The van der Waals surface area contributed by atoms with E-state index in [1.807, 2.05) is 26.8 Å².